The molecule has 0 fully saturated rings. The van der Waals surface area contributed by atoms with E-state index in [0.717, 1.165) is 0 Å². The lowest BCUT2D eigenvalue weighted by Crippen LogP contribution is -2.10. The minimum Gasteiger partial charge on any atom is -0.478 e. The van der Waals surface area contributed by atoms with Crippen LogP contribution in [0.5, 0.6) is 0 Å². The van der Waals surface area contributed by atoms with Gasteiger partial charge in [0.05, 0.1) is 23.3 Å². The summed E-state index contributed by atoms with van der Waals surface area (Å²) in [5.74, 6) is -1.82. The Labute approximate surface area is 174 Å². The van der Waals surface area contributed by atoms with Gasteiger partial charge in [0, 0.05) is 8.95 Å². The number of carboxylic acid groups (broad SMARTS) is 2. The Kier molecular flexibility index (Phi) is 12.6. The molecule has 2 aromatic rings. The van der Waals surface area contributed by atoms with Gasteiger partial charge in [-0.1, -0.05) is 24.3 Å². The lowest BCUT2D eigenvalue weighted by Gasteiger charge is -2.04. The first-order valence-electron chi connectivity index (χ1n) is 7.88. The normalized spacial score (nSPS) is 11.8. The Morgan fingerprint density at radius 3 is 1.22 bits per heavy atom. The van der Waals surface area contributed by atoms with E-state index in [2.05, 4.69) is 31.9 Å². The molecule has 0 aliphatic carbocycles. The molecule has 4 N–H and O–H groups in total. The van der Waals surface area contributed by atoms with E-state index in [0.29, 0.717) is 26.5 Å². The number of hydrogen-bond acceptors (Lipinski definition) is 4. The first-order valence-corrected chi connectivity index (χ1v) is 9.46. The topological polar surface area (TPSA) is 115 Å². The number of aromatic carboxylic acids is 2. The Bertz CT molecular complexity index is 670. The van der Waals surface area contributed by atoms with Crippen LogP contribution in [0, 0.1) is 0 Å². The third kappa shape index (κ3) is 11.6. The molecule has 2 aromatic carbocycles. The molecular formula is C19H22Br2O6. The highest BCUT2D eigenvalue weighted by Gasteiger charge is 2.05. The van der Waals surface area contributed by atoms with Crippen LogP contribution in [0.25, 0.3) is 0 Å². The molecule has 0 heterocycles. The number of aliphatic hydroxyl groups excluding tert-OH is 2. The molecule has 2 rings (SSSR count). The largest absolute Gasteiger partial charge is 0.478 e. The van der Waals surface area contributed by atoms with Gasteiger partial charge in [0.2, 0.25) is 0 Å². The Morgan fingerprint density at radius 2 is 1.07 bits per heavy atom. The van der Waals surface area contributed by atoms with Crippen LogP contribution in [-0.2, 0) is 0 Å². The lowest BCUT2D eigenvalue weighted by atomic mass is 10.2. The molecular weight excluding hydrogens is 484 g/mol. The fraction of sp³-hybridized carbons (Fsp3) is 0.263. The smallest absolute Gasteiger partial charge is 0.336 e. The van der Waals surface area contributed by atoms with Crippen molar-refractivity contribution in [1.29, 1.82) is 0 Å². The highest BCUT2D eigenvalue weighted by Crippen LogP contribution is 2.15. The molecule has 0 amide bonds. The molecule has 2 atom stereocenters. The van der Waals surface area contributed by atoms with E-state index in [1.54, 1.807) is 62.4 Å². The second kappa shape index (κ2) is 13.4. The Balaban J connectivity index is 0.000000384. The van der Waals surface area contributed by atoms with Crippen molar-refractivity contribution in [3.8, 4) is 0 Å². The molecule has 148 valence electrons. The molecule has 0 spiro atoms. The van der Waals surface area contributed by atoms with Crippen LogP contribution in [0.3, 0.4) is 0 Å². The number of carboxylic acids is 2. The molecule has 0 aliphatic heterocycles. The molecule has 6 nitrogen and oxygen atoms in total. The molecule has 8 heteroatoms. The van der Waals surface area contributed by atoms with Crippen molar-refractivity contribution in [3.05, 3.63) is 68.6 Å². The van der Waals surface area contributed by atoms with E-state index in [1.165, 1.54) is 0 Å². The molecule has 0 aliphatic rings. The van der Waals surface area contributed by atoms with Crippen LogP contribution in [0.4, 0.5) is 0 Å². The van der Waals surface area contributed by atoms with Crippen molar-refractivity contribution in [2.45, 2.75) is 32.5 Å². The van der Waals surface area contributed by atoms with E-state index in [9.17, 15) is 9.59 Å². The highest BCUT2D eigenvalue weighted by atomic mass is 79.9. The predicted octanol–water partition coefficient (Wildman–Crippen LogP) is 4.43. The molecule has 0 bridgehead atoms. The van der Waals surface area contributed by atoms with Gasteiger partial charge in [0.1, 0.15) is 0 Å². The standard InChI is InChI=1S/2C7H5BrO2.C5H12O2/c2*8-6-4-2-1-3-5(6)7(9)10;1-4(6)3-5(2)7/h2*1-4H,(H,9,10);4-7H,3H2,1-2H3. The number of hydrogen-bond donors (Lipinski definition) is 4. The van der Waals surface area contributed by atoms with Gasteiger partial charge in [-0.25, -0.2) is 9.59 Å². The van der Waals surface area contributed by atoms with Crippen molar-refractivity contribution in [2.75, 3.05) is 0 Å². The van der Waals surface area contributed by atoms with E-state index < -0.39 is 11.9 Å². The summed E-state index contributed by atoms with van der Waals surface area (Å²) >= 11 is 6.23. The van der Waals surface area contributed by atoms with Crippen LogP contribution in [0.15, 0.2) is 57.5 Å². The molecule has 2 unspecified atom stereocenters. The van der Waals surface area contributed by atoms with Crippen molar-refractivity contribution >= 4 is 43.8 Å². The van der Waals surface area contributed by atoms with Crippen LogP contribution in [0.2, 0.25) is 0 Å². The van der Waals surface area contributed by atoms with E-state index in [4.69, 9.17) is 20.4 Å². The SMILES string of the molecule is CC(O)CC(C)O.O=C(O)c1ccccc1Br.O=C(O)c1ccccc1Br. The zero-order valence-corrected chi connectivity index (χ0v) is 18.0. The summed E-state index contributed by atoms with van der Waals surface area (Å²) in [7, 11) is 0. The van der Waals surface area contributed by atoms with Gasteiger partial charge >= 0.3 is 11.9 Å². The van der Waals surface area contributed by atoms with E-state index >= 15 is 0 Å². The fourth-order valence-corrected chi connectivity index (χ4v) is 2.67. The first-order chi connectivity index (χ1) is 12.6. The van der Waals surface area contributed by atoms with Crippen LogP contribution < -0.4 is 0 Å². The second-order valence-corrected chi connectivity index (χ2v) is 7.21. The molecule has 27 heavy (non-hydrogen) atoms. The van der Waals surface area contributed by atoms with Crippen molar-refractivity contribution in [2.24, 2.45) is 0 Å². The monoisotopic (exact) mass is 504 g/mol. The Hall–Kier alpha value is -1.74. The summed E-state index contributed by atoms with van der Waals surface area (Å²) in [5.41, 5.74) is 0.588. The molecule has 0 saturated heterocycles. The quantitative estimate of drug-likeness (QED) is 0.488. The van der Waals surface area contributed by atoms with Crippen molar-refractivity contribution in [3.63, 3.8) is 0 Å². The molecule has 0 aromatic heterocycles. The average molecular weight is 506 g/mol. The summed E-state index contributed by atoms with van der Waals surface area (Å²) in [6, 6.07) is 13.4. The minimum absolute atomic E-state index is 0.294. The van der Waals surface area contributed by atoms with Gasteiger partial charge in [-0.2, -0.15) is 0 Å². The van der Waals surface area contributed by atoms with Gasteiger partial charge in [-0.3, -0.25) is 0 Å². The highest BCUT2D eigenvalue weighted by molar-refractivity contribution is 9.10. The van der Waals surface area contributed by atoms with Gasteiger partial charge in [0.25, 0.3) is 0 Å². The zero-order chi connectivity index (χ0) is 21.0. The maximum atomic E-state index is 10.4. The molecule has 0 saturated carbocycles. The maximum absolute atomic E-state index is 10.4. The van der Waals surface area contributed by atoms with Crippen molar-refractivity contribution < 1.29 is 30.0 Å². The summed E-state index contributed by atoms with van der Waals surface area (Å²) in [6.45, 7) is 3.32. The van der Waals surface area contributed by atoms with Gasteiger partial charge < -0.3 is 20.4 Å². The maximum Gasteiger partial charge on any atom is 0.336 e. The number of rotatable bonds is 4. The van der Waals surface area contributed by atoms with Gasteiger partial charge in [-0.05, 0) is 76.4 Å². The predicted molar refractivity (Wildman–Crippen MR) is 110 cm³/mol. The zero-order valence-electron chi connectivity index (χ0n) is 14.8. The fourth-order valence-electron chi connectivity index (χ4n) is 1.76. The summed E-state index contributed by atoms with van der Waals surface area (Å²) in [4.78, 5) is 20.8. The number of halogens is 2. The summed E-state index contributed by atoms with van der Waals surface area (Å²) in [6.07, 6.45) is -0.278. The first kappa shape index (κ1) is 25.3. The number of aliphatic hydroxyl groups is 2. The van der Waals surface area contributed by atoms with E-state index in [-0.39, 0.29) is 12.2 Å². The van der Waals surface area contributed by atoms with Crippen LogP contribution in [-0.4, -0.2) is 44.6 Å². The van der Waals surface area contributed by atoms with E-state index in [1.807, 2.05) is 0 Å². The lowest BCUT2D eigenvalue weighted by molar-refractivity contribution is 0.0685. The summed E-state index contributed by atoms with van der Waals surface area (Å²) < 4.78 is 1.23. The second-order valence-electron chi connectivity index (χ2n) is 5.50. The van der Waals surface area contributed by atoms with Gasteiger partial charge in [-0.15, -0.1) is 0 Å². The number of benzene rings is 2. The summed E-state index contributed by atoms with van der Waals surface area (Å²) in [5, 5.41) is 34.2. The number of carbonyl (C=O) groups is 2. The minimum atomic E-state index is -0.910. The van der Waals surface area contributed by atoms with Crippen LogP contribution in [0.1, 0.15) is 41.0 Å². The van der Waals surface area contributed by atoms with Crippen molar-refractivity contribution in [1.82, 2.24) is 0 Å². The molecule has 0 radical (unpaired) electrons. The van der Waals surface area contributed by atoms with Crippen LogP contribution >= 0.6 is 31.9 Å². The van der Waals surface area contributed by atoms with Gasteiger partial charge in [0.15, 0.2) is 0 Å². The third-order valence-electron chi connectivity index (χ3n) is 2.89. The Morgan fingerprint density at radius 1 is 0.778 bits per heavy atom. The third-order valence-corrected chi connectivity index (χ3v) is 4.27. The average Bonchev–Trinajstić information content (AvgIpc) is 2.55.